The van der Waals surface area contributed by atoms with Crippen molar-refractivity contribution >= 4 is 50.1 Å². The van der Waals surface area contributed by atoms with Crippen molar-refractivity contribution in [2.24, 2.45) is 5.73 Å². The number of carbonyl (C=O) groups excluding carboxylic acids is 1. The largest absolute Gasteiger partial charge is 0.320 e. The summed E-state index contributed by atoms with van der Waals surface area (Å²) in [5.41, 5.74) is 7.68. The molecule has 1 aromatic heterocycles. The van der Waals surface area contributed by atoms with E-state index in [1.54, 1.807) is 11.8 Å². The highest BCUT2D eigenvalue weighted by Gasteiger charge is 2.15. The van der Waals surface area contributed by atoms with E-state index < -0.39 is 6.04 Å². The predicted molar refractivity (Wildman–Crippen MR) is 94.9 cm³/mol. The number of thioether (sulfide) groups is 1. The first kappa shape index (κ1) is 16.5. The van der Waals surface area contributed by atoms with Gasteiger partial charge in [-0.3, -0.25) is 4.79 Å². The van der Waals surface area contributed by atoms with Gasteiger partial charge in [0.1, 0.15) is 0 Å². The van der Waals surface area contributed by atoms with Crippen LogP contribution in [0.1, 0.15) is 6.42 Å². The minimum Gasteiger partial charge on any atom is -0.320 e. The van der Waals surface area contributed by atoms with Crippen molar-refractivity contribution in [3.05, 3.63) is 34.1 Å². The maximum absolute atomic E-state index is 11.9. The number of aromatic nitrogens is 1. The molecular weight excluding hydrogens is 370 g/mol. The molecule has 0 aliphatic rings. The lowest BCUT2D eigenvalue weighted by molar-refractivity contribution is -0.117. The van der Waals surface area contributed by atoms with Crippen LogP contribution in [0.5, 0.6) is 0 Å². The normalized spacial score (nSPS) is 12.1. The monoisotopic (exact) mass is 385 g/mol. The molecule has 4 nitrogen and oxygen atoms in total. The summed E-state index contributed by atoms with van der Waals surface area (Å²) in [6, 6.07) is 7.40. The van der Waals surface area contributed by atoms with Gasteiger partial charge < -0.3 is 11.1 Å². The molecule has 2 rings (SSSR count). The zero-order chi connectivity index (χ0) is 15.2. The molecule has 0 fully saturated rings. The van der Waals surface area contributed by atoms with E-state index in [-0.39, 0.29) is 5.91 Å². The summed E-state index contributed by atoms with van der Waals surface area (Å²) in [5.74, 6) is 0.689. The smallest absolute Gasteiger partial charge is 0.243 e. The van der Waals surface area contributed by atoms with Crippen LogP contribution in [0.4, 0.5) is 5.13 Å². The summed E-state index contributed by atoms with van der Waals surface area (Å²) in [4.78, 5) is 16.4. The number of nitrogens with one attached hydrogen (secondary N) is 1. The Morgan fingerprint density at radius 1 is 1.57 bits per heavy atom. The Bertz CT molecular complexity index is 618. The van der Waals surface area contributed by atoms with Crippen LogP contribution in [-0.2, 0) is 4.79 Å². The van der Waals surface area contributed by atoms with E-state index in [0.717, 1.165) is 21.5 Å². The SMILES string of the molecule is CSCC[C@H](N)C(=O)Nc1nc(-c2cccc(Br)c2)cs1. The standard InChI is InChI=1S/C14H16BrN3OS2/c1-20-6-5-11(16)13(19)18-14-17-12(8-21-14)9-3-2-4-10(15)7-9/h2-4,7-8,11H,5-6,16H2,1H3,(H,17,18,19)/t11-/m0/s1. The summed E-state index contributed by atoms with van der Waals surface area (Å²) in [7, 11) is 0. The Labute approximate surface area is 140 Å². The van der Waals surface area contributed by atoms with E-state index in [9.17, 15) is 4.79 Å². The fraction of sp³-hybridized carbons (Fsp3) is 0.286. The van der Waals surface area contributed by atoms with E-state index in [2.05, 4.69) is 26.2 Å². The second kappa shape index (κ2) is 7.93. The first-order valence-electron chi connectivity index (χ1n) is 6.37. The number of rotatable bonds is 6. The number of carbonyl (C=O) groups is 1. The van der Waals surface area contributed by atoms with Gasteiger partial charge in [0.15, 0.2) is 5.13 Å². The third kappa shape index (κ3) is 4.81. The Morgan fingerprint density at radius 2 is 2.38 bits per heavy atom. The fourth-order valence-corrected chi connectivity index (χ4v) is 3.30. The lowest BCUT2D eigenvalue weighted by atomic mass is 10.2. The third-order valence-electron chi connectivity index (χ3n) is 2.82. The van der Waals surface area contributed by atoms with Gasteiger partial charge in [-0.1, -0.05) is 28.1 Å². The Morgan fingerprint density at radius 3 is 3.10 bits per heavy atom. The van der Waals surface area contributed by atoms with Crippen LogP contribution in [0.3, 0.4) is 0 Å². The van der Waals surface area contributed by atoms with Crippen LogP contribution in [-0.4, -0.2) is 28.9 Å². The highest BCUT2D eigenvalue weighted by molar-refractivity contribution is 9.10. The van der Waals surface area contributed by atoms with Crippen LogP contribution in [0.15, 0.2) is 34.1 Å². The molecule has 0 unspecified atom stereocenters. The summed E-state index contributed by atoms with van der Waals surface area (Å²) in [5, 5.41) is 5.28. The number of hydrogen-bond acceptors (Lipinski definition) is 5. The summed E-state index contributed by atoms with van der Waals surface area (Å²) >= 11 is 6.52. The molecule has 1 amide bonds. The van der Waals surface area contributed by atoms with Gasteiger partial charge in [-0.25, -0.2) is 4.98 Å². The zero-order valence-electron chi connectivity index (χ0n) is 11.5. The molecule has 21 heavy (non-hydrogen) atoms. The van der Waals surface area contributed by atoms with Crippen molar-refractivity contribution in [1.29, 1.82) is 0 Å². The van der Waals surface area contributed by atoms with E-state index in [1.165, 1.54) is 11.3 Å². The lowest BCUT2D eigenvalue weighted by Crippen LogP contribution is -2.36. The minimum absolute atomic E-state index is 0.181. The van der Waals surface area contributed by atoms with Gasteiger partial charge in [-0.05, 0) is 30.6 Å². The number of thiazole rings is 1. The number of nitrogens with zero attached hydrogens (tertiary/aromatic N) is 1. The molecule has 112 valence electrons. The minimum atomic E-state index is -0.490. The second-order valence-electron chi connectivity index (χ2n) is 4.43. The molecule has 1 heterocycles. The number of hydrogen-bond donors (Lipinski definition) is 2. The molecule has 0 spiro atoms. The van der Waals surface area contributed by atoms with Crippen LogP contribution < -0.4 is 11.1 Å². The van der Waals surface area contributed by atoms with Gasteiger partial charge >= 0.3 is 0 Å². The Hall–Kier alpha value is -0.890. The van der Waals surface area contributed by atoms with Crippen molar-refractivity contribution in [2.45, 2.75) is 12.5 Å². The average Bonchev–Trinajstić information content (AvgIpc) is 2.93. The topological polar surface area (TPSA) is 68.0 Å². The molecule has 3 N–H and O–H groups in total. The van der Waals surface area contributed by atoms with Gasteiger partial charge in [0.2, 0.25) is 5.91 Å². The summed E-state index contributed by atoms with van der Waals surface area (Å²) in [6.07, 6.45) is 2.66. The molecule has 1 atom stereocenters. The van der Waals surface area contributed by atoms with E-state index in [4.69, 9.17) is 5.73 Å². The number of anilines is 1. The first-order valence-corrected chi connectivity index (χ1v) is 9.43. The van der Waals surface area contributed by atoms with Gasteiger partial charge in [0, 0.05) is 15.4 Å². The Kier molecular flexibility index (Phi) is 6.22. The van der Waals surface area contributed by atoms with Crippen LogP contribution in [0.25, 0.3) is 11.3 Å². The van der Waals surface area contributed by atoms with E-state index in [1.807, 2.05) is 35.9 Å². The maximum Gasteiger partial charge on any atom is 0.243 e. The van der Waals surface area contributed by atoms with Crippen molar-refractivity contribution in [3.8, 4) is 11.3 Å². The highest BCUT2D eigenvalue weighted by atomic mass is 79.9. The molecule has 0 radical (unpaired) electrons. The van der Waals surface area contributed by atoms with Crippen molar-refractivity contribution in [3.63, 3.8) is 0 Å². The molecule has 0 aliphatic carbocycles. The number of amides is 1. The third-order valence-corrected chi connectivity index (χ3v) is 4.72. The molecule has 0 saturated carbocycles. The van der Waals surface area contributed by atoms with Crippen LogP contribution >= 0.6 is 39.0 Å². The van der Waals surface area contributed by atoms with Gasteiger partial charge in [-0.2, -0.15) is 11.8 Å². The lowest BCUT2D eigenvalue weighted by Gasteiger charge is -2.09. The van der Waals surface area contributed by atoms with E-state index >= 15 is 0 Å². The predicted octanol–water partition coefficient (Wildman–Crippen LogP) is 3.59. The first-order chi connectivity index (χ1) is 10.1. The van der Waals surface area contributed by atoms with Crippen LogP contribution in [0.2, 0.25) is 0 Å². The van der Waals surface area contributed by atoms with Crippen LogP contribution in [0, 0.1) is 0 Å². The Balaban J connectivity index is 2.02. The summed E-state index contributed by atoms with van der Waals surface area (Å²) < 4.78 is 0.998. The molecule has 2 aromatic rings. The van der Waals surface area contributed by atoms with E-state index in [0.29, 0.717) is 11.6 Å². The molecular formula is C14H16BrN3OS2. The number of halogens is 1. The molecule has 7 heteroatoms. The average molecular weight is 386 g/mol. The summed E-state index contributed by atoms with van der Waals surface area (Å²) in [6.45, 7) is 0. The highest BCUT2D eigenvalue weighted by Crippen LogP contribution is 2.26. The van der Waals surface area contributed by atoms with Gasteiger partial charge in [0.05, 0.1) is 11.7 Å². The molecule has 0 bridgehead atoms. The number of nitrogens with two attached hydrogens (primary N) is 1. The maximum atomic E-state index is 11.9. The van der Waals surface area contributed by atoms with Gasteiger partial charge in [-0.15, -0.1) is 11.3 Å². The number of benzene rings is 1. The van der Waals surface area contributed by atoms with Crippen molar-refractivity contribution < 1.29 is 4.79 Å². The van der Waals surface area contributed by atoms with Crippen molar-refractivity contribution in [2.75, 3.05) is 17.3 Å². The molecule has 0 saturated heterocycles. The fourth-order valence-electron chi connectivity index (χ4n) is 1.69. The van der Waals surface area contributed by atoms with Gasteiger partial charge in [0.25, 0.3) is 0 Å². The second-order valence-corrected chi connectivity index (χ2v) is 7.18. The quantitative estimate of drug-likeness (QED) is 0.796. The molecule has 1 aromatic carbocycles. The molecule has 0 aliphatic heterocycles. The zero-order valence-corrected chi connectivity index (χ0v) is 14.7. The van der Waals surface area contributed by atoms with Crippen molar-refractivity contribution in [1.82, 2.24) is 4.98 Å².